The van der Waals surface area contributed by atoms with E-state index in [-0.39, 0.29) is 11.8 Å². The summed E-state index contributed by atoms with van der Waals surface area (Å²) in [4.78, 5) is 21.6. The van der Waals surface area contributed by atoms with Gasteiger partial charge in [-0.2, -0.15) is 13.2 Å². The number of halogens is 3. The quantitative estimate of drug-likeness (QED) is 0.902. The van der Waals surface area contributed by atoms with Crippen LogP contribution >= 0.6 is 0 Å². The number of likely N-dealkylation sites (tertiary alicyclic amines) is 1. The third kappa shape index (κ3) is 4.62. The molecule has 1 N–H and O–H groups in total. The summed E-state index contributed by atoms with van der Waals surface area (Å²) in [7, 11) is 0. The van der Waals surface area contributed by atoms with Gasteiger partial charge < -0.3 is 15.0 Å². The van der Waals surface area contributed by atoms with Gasteiger partial charge in [0.05, 0.1) is 5.56 Å². The van der Waals surface area contributed by atoms with Crippen molar-refractivity contribution in [2.45, 2.75) is 25.1 Å². The van der Waals surface area contributed by atoms with Gasteiger partial charge >= 0.3 is 12.2 Å². The molecule has 0 radical (unpaired) electrons. The van der Waals surface area contributed by atoms with Crippen LogP contribution in [0.4, 0.5) is 23.7 Å². The molecule has 2 heterocycles. The highest BCUT2D eigenvalue weighted by Gasteiger charge is 2.31. The standard InChI is InChI=1S/C17H17F3N4O2/c18-17(19,20)12-2-1-3-13(10-12)23-16(25)24-8-5-14(6-9-24)26-15-4-7-21-11-22-15/h1-4,7,10-11,14H,5-6,8-9H2,(H,23,25). The van der Waals surface area contributed by atoms with E-state index in [0.29, 0.717) is 31.8 Å². The van der Waals surface area contributed by atoms with Crippen LogP contribution in [0, 0.1) is 0 Å². The molecule has 1 aliphatic heterocycles. The fourth-order valence-corrected chi connectivity index (χ4v) is 2.67. The maximum absolute atomic E-state index is 12.7. The van der Waals surface area contributed by atoms with E-state index < -0.39 is 17.8 Å². The number of rotatable bonds is 3. The van der Waals surface area contributed by atoms with Gasteiger partial charge in [-0.15, -0.1) is 0 Å². The molecule has 1 aliphatic rings. The van der Waals surface area contributed by atoms with Crippen LogP contribution in [0.3, 0.4) is 0 Å². The van der Waals surface area contributed by atoms with E-state index in [2.05, 4.69) is 15.3 Å². The molecule has 9 heteroatoms. The van der Waals surface area contributed by atoms with Crippen molar-refractivity contribution in [3.8, 4) is 5.88 Å². The van der Waals surface area contributed by atoms with Gasteiger partial charge in [0.1, 0.15) is 12.4 Å². The molecule has 1 aromatic carbocycles. The monoisotopic (exact) mass is 366 g/mol. The number of hydrogen-bond donors (Lipinski definition) is 1. The number of anilines is 1. The van der Waals surface area contributed by atoms with E-state index in [1.54, 1.807) is 17.2 Å². The fourth-order valence-electron chi connectivity index (χ4n) is 2.67. The van der Waals surface area contributed by atoms with Crippen LogP contribution in [0.25, 0.3) is 0 Å². The first-order valence-corrected chi connectivity index (χ1v) is 8.08. The predicted octanol–water partition coefficient (Wildman–Crippen LogP) is 3.57. The number of benzene rings is 1. The van der Waals surface area contributed by atoms with Crippen LogP contribution in [-0.4, -0.2) is 40.1 Å². The van der Waals surface area contributed by atoms with Crippen molar-refractivity contribution >= 4 is 11.7 Å². The van der Waals surface area contributed by atoms with Crippen molar-refractivity contribution in [3.63, 3.8) is 0 Å². The summed E-state index contributed by atoms with van der Waals surface area (Å²) >= 11 is 0. The van der Waals surface area contributed by atoms with E-state index in [4.69, 9.17) is 4.74 Å². The Morgan fingerprint density at radius 3 is 2.65 bits per heavy atom. The Kier molecular flexibility index (Phi) is 5.24. The zero-order chi connectivity index (χ0) is 18.6. The first-order valence-electron chi connectivity index (χ1n) is 8.08. The van der Waals surface area contributed by atoms with Crippen molar-refractivity contribution in [2.24, 2.45) is 0 Å². The van der Waals surface area contributed by atoms with Crippen LogP contribution in [0.15, 0.2) is 42.9 Å². The number of alkyl halides is 3. The minimum atomic E-state index is -4.45. The Balaban J connectivity index is 1.52. The van der Waals surface area contributed by atoms with Crippen LogP contribution in [0.2, 0.25) is 0 Å². The highest BCUT2D eigenvalue weighted by atomic mass is 19.4. The number of hydrogen-bond acceptors (Lipinski definition) is 4. The number of nitrogens with one attached hydrogen (secondary N) is 1. The van der Waals surface area contributed by atoms with Gasteiger partial charge in [-0.05, 0) is 18.2 Å². The molecule has 6 nitrogen and oxygen atoms in total. The van der Waals surface area contributed by atoms with Crippen LogP contribution < -0.4 is 10.1 Å². The largest absolute Gasteiger partial charge is 0.474 e. The first kappa shape index (κ1) is 18.0. The summed E-state index contributed by atoms with van der Waals surface area (Å²) < 4.78 is 43.9. The zero-order valence-electron chi connectivity index (χ0n) is 13.7. The third-order valence-electron chi connectivity index (χ3n) is 4.01. The smallest absolute Gasteiger partial charge is 0.416 e. The van der Waals surface area contributed by atoms with Gasteiger partial charge in [0.25, 0.3) is 0 Å². The lowest BCUT2D eigenvalue weighted by Gasteiger charge is -2.31. The number of piperidine rings is 1. The highest BCUT2D eigenvalue weighted by molar-refractivity contribution is 5.89. The predicted molar refractivity (Wildman–Crippen MR) is 87.7 cm³/mol. The number of nitrogens with zero attached hydrogens (tertiary/aromatic N) is 3. The maximum atomic E-state index is 12.7. The molecule has 138 valence electrons. The summed E-state index contributed by atoms with van der Waals surface area (Å²) in [5, 5.41) is 2.51. The minimum Gasteiger partial charge on any atom is -0.474 e. The molecule has 0 atom stereocenters. The van der Waals surface area contributed by atoms with Crippen LogP contribution in [0.1, 0.15) is 18.4 Å². The zero-order valence-corrected chi connectivity index (χ0v) is 13.7. The summed E-state index contributed by atoms with van der Waals surface area (Å²) in [5.41, 5.74) is -0.684. The molecule has 1 fully saturated rings. The number of carbonyl (C=O) groups excluding carboxylic acids is 1. The Morgan fingerprint density at radius 1 is 1.23 bits per heavy atom. The van der Waals surface area contributed by atoms with Crippen molar-refractivity contribution in [1.29, 1.82) is 0 Å². The second-order valence-corrected chi connectivity index (χ2v) is 5.86. The summed E-state index contributed by atoms with van der Waals surface area (Å²) in [6.45, 7) is 0.890. The number of ether oxygens (including phenoxy) is 1. The lowest BCUT2D eigenvalue weighted by Crippen LogP contribution is -2.43. The topological polar surface area (TPSA) is 67.4 Å². The van der Waals surface area contributed by atoms with E-state index >= 15 is 0 Å². The molecule has 26 heavy (non-hydrogen) atoms. The highest BCUT2D eigenvalue weighted by Crippen LogP contribution is 2.30. The van der Waals surface area contributed by atoms with Crippen LogP contribution in [-0.2, 0) is 6.18 Å². The Labute approximate surface area is 148 Å². The first-order chi connectivity index (χ1) is 12.4. The number of aromatic nitrogens is 2. The number of carbonyl (C=O) groups is 1. The van der Waals surface area contributed by atoms with Gasteiger partial charge in [-0.25, -0.2) is 14.8 Å². The second kappa shape index (κ2) is 7.59. The molecule has 2 amide bonds. The van der Waals surface area contributed by atoms with Crippen molar-refractivity contribution in [2.75, 3.05) is 18.4 Å². The Morgan fingerprint density at radius 2 is 2.00 bits per heavy atom. The van der Waals surface area contributed by atoms with Gasteiger partial charge in [0.2, 0.25) is 5.88 Å². The lowest BCUT2D eigenvalue weighted by molar-refractivity contribution is -0.137. The van der Waals surface area contributed by atoms with Gasteiger partial charge in [-0.1, -0.05) is 6.07 Å². The molecule has 0 aliphatic carbocycles. The number of amides is 2. The summed E-state index contributed by atoms with van der Waals surface area (Å²) in [5.74, 6) is 0.479. The minimum absolute atomic E-state index is 0.0671. The molecule has 0 bridgehead atoms. The van der Waals surface area contributed by atoms with E-state index in [1.165, 1.54) is 18.5 Å². The van der Waals surface area contributed by atoms with Gasteiger partial charge in [0.15, 0.2) is 0 Å². The summed E-state index contributed by atoms with van der Waals surface area (Å²) in [6, 6.07) is 5.81. The van der Waals surface area contributed by atoms with Gasteiger partial charge in [-0.3, -0.25) is 0 Å². The van der Waals surface area contributed by atoms with Crippen molar-refractivity contribution < 1.29 is 22.7 Å². The lowest BCUT2D eigenvalue weighted by atomic mass is 10.1. The molecular weight excluding hydrogens is 349 g/mol. The van der Waals surface area contributed by atoms with Crippen molar-refractivity contribution in [3.05, 3.63) is 48.4 Å². The Hall–Kier alpha value is -2.84. The molecule has 0 spiro atoms. The van der Waals surface area contributed by atoms with Gasteiger partial charge in [0, 0.05) is 43.9 Å². The summed E-state index contributed by atoms with van der Waals surface area (Å²) in [6.07, 6.45) is -0.313. The maximum Gasteiger partial charge on any atom is 0.416 e. The normalized spacial score (nSPS) is 15.6. The average Bonchev–Trinajstić information content (AvgIpc) is 2.63. The third-order valence-corrected chi connectivity index (χ3v) is 4.01. The number of urea groups is 1. The molecule has 1 saturated heterocycles. The molecule has 0 saturated carbocycles. The molecule has 3 rings (SSSR count). The average molecular weight is 366 g/mol. The van der Waals surface area contributed by atoms with E-state index in [1.807, 2.05) is 0 Å². The fraction of sp³-hybridized carbons (Fsp3) is 0.353. The van der Waals surface area contributed by atoms with E-state index in [9.17, 15) is 18.0 Å². The SMILES string of the molecule is O=C(Nc1cccc(C(F)(F)F)c1)N1CCC(Oc2ccncn2)CC1. The van der Waals surface area contributed by atoms with Crippen molar-refractivity contribution in [1.82, 2.24) is 14.9 Å². The second-order valence-electron chi connectivity index (χ2n) is 5.86. The van der Waals surface area contributed by atoms with E-state index in [0.717, 1.165) is 12.1 Å². The molecule has 1 aromatic heterocycles. The molecule has 2 aromatic rings. The molecular formula is C17H17F3N4O2. The Bertz CT molecular complexity index is 747. The van der Waals surface area contributed by atoms with Crippen LogP contribution in [0.5, 0.6) is 5.88 Å². The molecule has 0 unspecified atom stereocenters.